The van der Waals surface area contributed by atoms with Crippen molar-refractivity contribution in [2.75, 3.05) is 20.3 Å². The molecule has 5 nitrogen and oxygen atoms in total. The molecule has 3 N–H and O–H groups in total. The second-order valence-electron chi connectivity index (χ2n) is 5.04. The molecule has 0 heterocycles. The highest BCUT2D eigenvalue weighted by Gasteiger charge is 2.12. The minimum absolute atomic E-state index is 0.0843. The summed E-state index contributed by atoms with van der Waals surface area (Å²) in [5.74, 6) is 1.32. The van der Waals surface area contributed by atoms with E-state index in [2.05, 4.69) is 0 Å². The fourth-order valence-electron chi connectivity index (χ4n) is 1.68. The Morgan fingerprint density at radius 3 is 2.45 bits per heavy atom. The zero-order chi connectivity index (χ0) is 15.1. The molecule has 1 rings (SSSR count). The first-order valence-corrected chi connectivity index (χ1v) is 6.80. The van der Waals surface area contributed by atoms with Crippen molar-refractivity contribution in [1.82, 2.24) is 0 Å². The van der Waals surface area contributed by atoms with E-state index in [0.717, 1.165) is 5.56 Å². The van der Waals surface area contributed by atoms with Crippen LogP contribution in [0, 0.1) is 0 Å². The Hall–Kier alpha value is -1.30. The van der Waals surface area contributed by atoms with Crippen molar-refractivity contribution in [2.45, 2.75) is 39.0 Å². The molecule has 0 aromatic heterocycles. The van der Waals surface area contributed by atoms with E-state index in [4.69, 9.17) is 19.9 Å². The quantitative estimate of drug-likeness (QED) is 0.762. The first-order chi connectivity index (χ1) is 9.43. The minimum Gasteiger partial charge on any atom is -0.497 e. The number of methoxy groups -OCH3 is 1. The fourth-order valence-corrected chi connectivity index (χ4v) is 1.68. The van der Waals surface area contributed by atoms with Crippen LogP contribution in [0.4, 0.5) is 0 Å². The van der Waals surface area contributed by atoms with Gasteiger partial charge in [0, 0.05) is 17.7 Å². The van der Waals surface area contributed by atoms with E-state index in [0.29, 0.717) is 11.5 Å². The third-order valence-corrected chi connectivity index (χ3v) is 2.76. The molecule has 0 saturated heterocycles. The van der Waals surface area contributed by atoms with Gasteiger partial charge in [0.15, 0.2) is 0 Å². The molecule has 1 unspecified atom stereocenters. The second-order valence-corrected chi connectivity index (χ2v) is 5.04. The van der Waals surface area contributed by atoms with Crippen molar-refractivity contribution in [2.24, 2.45) is 5.73 Å². The van der Waals surface area contributed by atoms with E-state index < -0.39 is 6.10 Å². The molecule has 0 radical (unpaired) electrons. The third-order valence-electron chi connectivity index (χ3n) is 2.76. The molecule has 114 valence electrons. The van der Waals surface area contributed by atoms with Crippen LogP contribution in [0.2, 0.25) is 0 Å². The summed E-state index contributed by atoms with van der Waals surface area (Å²) in [6.45, 7) is 6.12. The van der Waals surface area contributed by atoms with Gasteiger partial charge in [-0.05, 0) is 26.8 Å². The predicted octanol–water partition coefficient (Wildman–Crippen LogP) is 1.88. The van der Waals surface area contributed by atoms with Gasteiger partial charge in [0.1, 0.15) is 24.2 Å². The monoisotopic (exact) mass is 283 g/mol. The molecule has 0 aliphatic rings. The lowest BCUT2D eigenvalue weighted by Crippen LogP contribution is -2.25. The maximum absolute atomic E-state index is 9.80. The van der Waals surface area contributed by atoms with Crippen LogP contribution in [-0.4, -0.2) is 37.6 Å². The van der Waals surface area contributed by atoms with Gasteiger partial charge >= 0.3 is 0 Å². The van der Waals surface area contributed by atoms with Crippen molar-refractivity contribution in [3.05, 3.63) is 23.8 Å². The van der Waals surface area contributed by atoms with Crippen molar-refractivity contribution in [1.29, 1.82) is 0 Å². The lowest BCUT2D eigenvalue weighted by Gasteiger charge is -2.18. The number of rotatable bonds is 8. The van der Waals surface area contributed by atoms with Gasteiger partial charge in [0.05, 0.1) is 19.8 Å². The smallest absolute Gasteiger partial charge is 0.127 e. The maximum atomic E-state index is 9.80. The SMILES string of the molecule is COc1ccc([C@H](C)N)c(OCC(O)COC(C)C)c1. The van der Waals surface area contributed by atoms with Crippen LogP contribution >= 0.6 is 0 Å². The molecule has 20 heavy (non-hydrogen) atoms. The molecule has 2 atom stereocenters. The van der Waals surface area contributed by atoms with Crippen LogP contribution in [-0.2, 0) is 4.74 Å². The van der Waals surface area contributed by atoms with Crippen molar-refractivity contribution in [3.63, 3.8) is 0 Å². The number of ether oxygens (including phenoxy) is 3. The van der Waals surface area contributed by atoms with E-state index >= 15 is 0 Å². The zero-order valence-electron chi connectivity index (χ0n) is 12.6. The van der Waals surface area contributed by atoms with Gasteiger partial charge in [-0.15, -0.1) is 0 Å². The van der Waals surface area contributed by atoms with Crippen LogP contribution in [0.5, 0.6) is 11.5 Å². The predicted molar refractivity (Wildman–Crippen MR) is 78.2 cm³/mol. The van der Waals surface area contributed by atoms with Gasteiger partial charge in [-0.25, -0.2) is 0 Å². The largest absolute Gasteiger partial charge is 0.497 e. The van der Waals surface area contributed by atoms with Gasteiger partial charge < -0.3 is 25.1 Å². The summed E-state index contributed by atoms with van der Waals surface area (Å²) < 4.78 is 16.1. The van der Waals surface area contributed by atoms with Gasteiger partial charge in [-0.1, -0.05) is 6.07 Å². The first-order valence-electron chi connectivity index (χ1n) is 6.80. The highest BCUT2D eigenvalue weighted by molar-refractivity contribution is 5.42. The Balaban J connectivity index is 2.65. The summed E-state index contributed by atoms with van der Waals surface area (Å²) in [4.78, 5) is 0. The summed E-state index contributed by atoms with van der Waals surface area (Å²) in [6, 6.07) is 5.33. The lowest BCUT2D eigenvalue weighted by atomic mass is 10.1. The molecule has 0 bridgehead atoms. The van der Waals surface area contributed by atoms with E-state index in [1.807, 2.05) is 32.9 Å². The Morgan fingerprint density at radius 2 is 1.90 bits per heavy atom. The summed E-state index contributed by atoms with van der Waals surface area (Å²) >= 11 is 0. The molecule has 0 aliphatic heterocycles. The van der Waals surface area contributed by atoms with Crippen molar-refractivity contribution in [3.8, 4) is 11.5 Å². The minimum atomic E-state index is -0.676. The van der Waals surface area contributed by atoms with E-state index in [-0.39, 0.29) is 25.4 Å². The Kier molecular flexibility index (Phi) is 6.78. The number of aliphatic hydroxyl groups is 1. The van der Waals surface area contributed by atoms with Crippen LogP contribution in [0.25, 0.3) is 0 Å². The molecule has 0 saturated carbocycles. The van der Waals surface area contributed by atoms with Crippen LogP contribution < -0.4 is 15.2 Å². The number of nitrogens with two attached hydrogens (primary N) is 1. The van der Waals surface area contributed by atoms with Crippen LogP contribution in [0.1, 0.15) is 32.4 Å². The van der Waals surface area contributed by atoms with Crippen molar-refractivity contribution >= 4 is 0 Å². The molecule has 0 amide bonds. The Morgan fingerprint density at radius 1 is 1.20 bits per heavy atom. The summed E-state index contributed by atoms with van der Waals surface area (Å²) in [5, 5.41) is 9.80. The van der Waals surface area contributed by atoms with Gasteiger partial charge in [-0.3, -0.25) is 0 Å². The molecular weight excluding hydrogens is 258 g/mol. The van der Waals surface area contributed by atoms with Crippen molar-refractivity contribution < 1.29 is 19.3 Å². The maximum Gasteiger partial charge on any atom is 0.127 e. The summed E-state index contributed by atoms with van der Waals surface area (Å²) in [6.07, 6.45) is -0.592. The lowest BCUT2D eigenvalue weighted by molar-refractivity contribution is -0.0124. The average molecular weight is 283 g/mol. The number of aliphatic hydroxyl groups excluding tert-OH is 1. The topological polar surface area (TPSA) is 73.9 Å². The molecular formula is C15H25NO4. The standard InChI is InChI=1S/C15H25NO4/c1-10(2)19-8-12(17)9-20-15-7-13(18-4)5-6-14(15)11(3)16/h5-7,10-12,17H,8-9,16H2,1-4H3/t11-,12?/m0/s1. The normalized spacial score (nSPS) is 14.2. The Labute approximate surface area is 120 Å². The third kappa shape index (κ3) is 5.36. The molecule has 0 fully saturated rings. The number of benzene rings is 1. The second kappa shape index (κ2) is 8.09. The zero-order valence-corrected chi connectivity index (χ0v) is 12.6. The van der Waals surface area contributed by atoms with Crippen LogP contribution in [0.15, 0.2) is 18.2 Å². The van der Waals surface area contributed by atoms with E-state index in [9.17, 15) is 5.11 Å². The Bertz CT molecular complexity index is 407. The highest BCUT2D eigenvalue weighted by Crippen LogP contribution is 2.28. The first kappa shape index (κ1) is 16.8. The highest BCUT2D eigenvalue weighted by atomic mass is 16.5. The van der Waals surface area contributed by atoms with Gasteiger partial charge in [0.25, 0.3) is 0 Å². The number of hydrogen-bond donors (Lipinski definition) is 2. The average Bonchev–Trinajstić information content (AvgIpc) is 2.42. The van der Waals surface area contributed by atoms with Gasteiger partial charge in [0.2, 0.25) is 0 Å². The summed E-state index contributed by atoms with van der Waals surface area (Å²) in [7, 11) is 1.59. The van der Waals surface area contributed by atoms with E-state index in [1.54, 1.807) is 13.2 Å². The molecule has 1 aromatic rings. The van der Waals surface area contributed by atoms with Gasteiger partial charge in [-0.2, -0.15) is 0 Å². The van der Waals surface area contributed by atoms with Crippen LogP contribution in [0.3, 0.4) is 0 Å². The molecule has 0 aliphatic carbocycles. The molecule has 5 heteroatoms. The van der Waals surface area contributed by atoms with E-state index in [1.165, 1.54) is 0 Å². The fraction of sp³-hybridized carbons (Fsp3) is 0.600. The summed E-state index contributed by atoms with van der Waals surface area (Å²) in [5.41, 5.74) is 6.78. The molecule has 0 spiro atoms. The number of hydrogen-bond acceptors (Lipinski definition) is 5. The molecule has 1 aromatic carbocycles.